The molecule has 7 nitrogen and oxygen atoms in total. The number of phenolic OH excluding ortho intramolecular Hbond substituents is 1. The lowest BCUT2D eigenvalue weighted by molar-refractivity contribution is 0.371. The molecule has 1 aromatic carbocycles. The van der Waals surface area contributed by atoms with Crippen LogP contribution in [0.4, 0.5) is 0 Å². The normalized spacial score (nSPS) is 16.5. The Morgan fingerprint density at radius 1 is 1.46 bits per heavy atom. The number of benzene rings is 1. The molecule has 2 heterocycles. The summed E-state index contributed by atoms with van der Waals surface area (Å²) < 4.78 is 10.6. The van der Waals surface area contributed by atoms with Crippen molar-refractivity contribution in [2.75, 3.05) is 7.11 Å². The van der Waals surface area contributed by atoms with E-state index in [1.165, 1.54) is 7.11 Å². The molecule has 7 heteroatoms. The highest BCUT2D eigenvalue weighted by molar-refractivity contribution is 5.57. The van der Waals surface area contributed by atoms with Gasteiger partial charge in [-0.2, -0.15) is 5.26 Å². The maximum absolute atomic E-state index is 10.1. The van der Waals surface area contributed by atoms with Crippen molar-refractivity contribution in [3.63, 3.8) is 0 Å². The number of nitrogens with two attached hydrogens (primary N) is 1. The minimum atomic E-state index is -0.466. The second kappa shape index (κ2) is 5.81. The number of rotatable bonds is 3. The summed E-state index contributed by atoms with van der Waals surface area (Å²) in [4.78, 5) is 0. The largest absolute Gasteiger partial charge is 0.504 e. The molecule has 1 atom stereocenters. The van der Waals surface area contributed by atoms with Gasteiger partial charge in [0.2, 0.25) is 11.8 Å². The van der Waals surface area contributed by atoms with E-state index in [2.05, 4.69) is 16.3 Å². The number of nitriles is 1. The molecule has 1 aliphatic rings. The van der Waals surface area contributed by atoms with E-state index in [0.29, 0.717) is 17.2 Å². The summed E-state index contributed by atoms with van der Waals surface area (Å²) in [7, 11) is 1.48. The average Bonchev–Trinajstić information content (AvgIpc) is 2.96. The Hall–Kier alpha value is -3.14. The molecular formula is C17H18N4O3. The van der Waals surface area contributed by atoms with Gasteiger partial charge in [0, 0.05) is 5.69 Å². The quantitative estimate of drug-likeness (QED) is 0.797. The smallest absolute Gasteiger partial charge is 0.244 e. The van der Waals surface area contributed by atoms with Crippen LogP contribution in [0.15, 0.2) is 29.7 Å². The molecule has 0 saturated heterocycles. The zero-order valence-electron chi connectivity index (χ0n) is 13.6. The summed E-state index contributed by atoms with van der Waals surface area (Å²) in [5, 5.41) is 26.8. The van der Waals surface area contributed by atoms with Crippen LogP contribution in [0, 0.1) is 11.3 Å². The van der Waals surface area contributed by atoms with Crippen molar-refractivity contribution in [3.05, 3.63) is 46.5 Å². The van der Waals surface area contributed by atoms with Gasteiger partial charge in [-0.3, -0.25) is 5.10 Å². The Morgan fingerprint density at radius 3 is 2.79 bits per heavy atom. The van der Waals surface area contributed by atoms with Gasteiger partial charge in [0.15, 0.2) is 11.5 Å². The summed E-state index contributed by atoms with van der Waals surface area (Å²) >= 11 is 0. The Labute approximate surface area is 139 Å². The Kier molecular flexibility index (Phi) is 3.81. The summed E-state index contributed by atoms with van der Waals surface area (Å²) in [6.07, 6.45) is 0. The van der Waals surface area contributed by atoms with Crippen molar-refractivity contribution in [2.24, 2.45) is 5.73 Å². The lowest BCUT2D eigenvalue weighted by Gasteiger charge is -2.25. The summed E-state index contributed by atoms with van der Waals surface area (Å²) in [6, 6.07) is 7.14. The van der Waals surface area contributed by atoms with Gasteiger partial charge in [-0.15, -0.1) is 5.10 Å². The van der Waals surface area contributed by atoms with Crippen LogP contribution in [0.5, 0.6) is 17.4 Å². The number of ether oxygens (including phenoxy) is 2. The summed E-state index contributed by atoms with van der Waals surface area (Å²) in [6.45, 7) is 4.04. The van der Waals surface area contributed by atoms with Crippen molar-refractivity contribution in [1.82, 2.24) is 10.2 Å². The second-order valence-corrected chi connectivity index (χ2v) is 5.87. The average molecular weight is 326 g/mol. The van der Waals surface area contributed by atoms with Gasteiger partial charge in [0.05, 0.1) is 18.6 Å². The Balaban J connectivity index is 2.23. The molecule has 24 heavy (non-hydrogen) atoms. The van der Waals surface area contributed by atoms with E-state index in [1.54, 1.807) is 18.2 Å². The Bertz CT molecular complexity index is 861. The van der Waals surface area contributed by atoms with Crippen LogP contribution in [0.25, 0.3) is 0 Å². The first-order chi connectivity index (χ1) is 11.5. The predicted octanol–water partition coefficient (Wildman–Crippen LogP) is 2.47. The van der Waals surface area contributed by atoms with Gasteiger partial charge in [0.1, 0.15) is 11.6 Å². The van der Waals surface area contributed by atoms with E-state index in [9.17, 15) is 10.4 Å². The fourth-order valence-electron chi connectivity index (χ4n) is 2.93. The minimum Gasteiger partial charge on any atom is -0.504 e. The molecule has 0 amide bonds. The van der Waals surface area contributed by atoms with Crippen molar-refractivity contribution in [1.29, 1.82) is 5.26 Å². The highest BCUT2D eigenvalue weighted by Crippen LogP contribution is 2.45. The standard InChI is InChI=1S/C17H18N4O3/c1-8(2)15-14-13(9-4-5-12(23-3)11(22)6-9)10(7-18)16(19)24-17(14)21-20-15/h4-6,8,13,22H,19H2,1-3H3,(H,20,21). The summed E-state index contributed by atoms with van der Waals surface area (Å²) in [5.74, 6) is 0.416. The van der Waals surface area contributed by atoms with Crippen LogP contribution in [0.2, 0.25) is 0 Å². The number of aromatic hydroxyl groups is 1. The maximum Gasteiger partial charge on any atom is 0.244 e. The molecule has 0 fully saturated rings. The first-order valence-corrected chi connectivity index (χ1v) is 7.50. The zero-order valence-corrected chi connectivity index (χ0v) is 13.6. The number of phenols is 1. The van der Waals surface area contributed by atoms with Crippen molar-refractivity contribution >= 4 is 0 Å². The van der Waals surface area contributed by atoms with Crippen molar-refractivity contribution in [3.8, 4) is 23.4 Å². The minimum absolute atomic E-state index is 0.00602. The SMILES string of the molecule is COc1ccc(C2C(C#N)=C(N)Oc3n[nH]c(C(C)C)c32)cc1O. The first kappa shape index (κ1) is 15.7. The number of fused-ring (bicyclic) bond motifs is 1. The number of hydrogen-bond acceptors (Lipinski definition) is 6. The van der Waals surface area contributed by atoms with Gasteiger partial charge in [-0.25, -0.2) is 0 Å². The topological polar surface area (TPSA) is 117 Å². The lowest BCUT2D eigenvalue weighted by Crippen LogP contribution is -2.21. The molecule has 3 rings (SSSR count). The molecule has 0 bridgehead atoms. The van der Waals surface area contributed by atoms with E-state index in [1.807, 2.05) is 13.8 Å². The van der Waals surface area contributed by atoms with Crippen molar-refractivity contribution < 1.29 is 14.6 Å². The Morgan fingerprint density at radius 2 is 2.21 bits per heavy atom. The van der Waals surface area contributed by atoms with E-state index in [4.69, 9.17) is 15.2 Å². The van der Waals surface area contributed by atoms with E-state index in [0.717, 1.165) is 11.3 Å². The first-order valence-electron chi connectivity index (χ1n) is 7.50. The highest BCUT2D eigenvalue weighted by atomic mass is 16.5. The summed E-state index contributed by atoms with van der Waals surface area (Å²) in [5.41, 5.74) is 8.53. The van der Waals surface area contributed by atoms with Gasteiger partial charge >= 0.3 is 0 Å². The molecule has 124 valence electrons. The van der Waals surface area contributed by atoms with Crippen LogP contribution in [-0.4, -0.2) is 22.4 Å². The van der Waals surface area contributed by atoms with E-state index < -0.39 is 5.92 Å². The van der Waals surface area contributed by atoms with Gasteiger partial charge in [-0.05, 0) is 23.6 Å². The van der Waals surface area contributed by atoms with Gasteiger partial charge in [0.25, 0.3) is 0 Å². The zero-order chi connectivity index (χ0) is 17.4. The number of nitrogens with zero attached hydrogens (tertiary/aromatic N) is 2. The third-order valence-corrected chi connectivity index (χ3v) is 4.08. The monoisotopic (exact) mass is 326 g/mol. The molecule has 0 saturated carbocycles. The lowest BCUT2D eigenvalue weighted by atomic mass is 9.82. The number of nitrogens with one attached hydrogen (secondary N) is 1. The van der Waals surface area contributed by atoms with Crippen LogP contribution in [0.1, 0.15) is 42.5 Å². The number of aromatic amines is 1. The predicted molar refractivity (Wildman–Crippen MR) is 86.6 cm³/mol. The fourth-order valence-corrected chi connectivity index (χ4v) is 2.93. The van der Waals surface area contributed by atoms with Gasteiger partial charge < -0.3 is 20.3 Å². The maximum atomic E-state index is 10.1. The molecule has 0 aliphatic carbocycles. The third kappa shape index (κ3) is 2.33. The number of aromatic nitrogens is 2. The van der Waals surface area contributed by atoms with Gasteiger partial charge in [-0.1, -0.05) is 19.9 Å². The number of allylic oxidation sites excluding steroid dienone is 1. The number of H-pyrrole nitrogens is 1. The van der Waals surface area contributed by atoms with E-state index in [-0.39, 0.29) is 23.1 Å². The van der Waals surface area contributed by atoms with Crippen LogP contribution >= 0.6 is 0 Å². The molecular weight excluding hydrogens is 308 g/mol. The molecule has 0 radical (unpaired) electrons. The van der Waals surface area contributed by atoms with Crippen LogP contribution in [0.3, 0.4) is 0 Å². The second-order valence-electron chi connectivity index (χ2n) is 5.87. The number of methoxy groups -OCH3 is 1. The third-order valence-electron chi connectivity index (χ3n) is 4.08. The van der Waals surface area contributed by atoms with E-state index >= 15 is 0 Å². The number of hydrogen-bond donors (Lipinski definition) is 3. The molecule has 1 unspecified atom stereocenters. The molecule has 1 aromatic heterocycles. The van der Waals surface area contributed by atoms with Crippen LogP contribution < -0.4 is 15.2 Å². The fraction of sp³-hybridized carbons (Fsp3) is 0.294. The van der Waals surface area contributed by atoms with Crippen molar-refractivity contribution in [2.45, 2.75) is 25.7 Å². The molecule has 1 aliphatic heterocycles. The van der Waals surface area contributed by atoms with Crippen LogP contribution in [-0.2, 0) is 0 Å². The molecule has 4 N–H and O–H groups in total. The molecule has 2 aromatic rings. The highest BCUT2D eigenvalue weighted by Gasteiger charge is 2.36. The molecule has 0 spiro atoms.